The number of hydrogen-bond donors (Lipinski definition) is 0. The Morgan fingerprint density at radius 2 is 2.50 bits per heavy atom. The lowest BCUT2D eigenvalue weighted by Crippen LogP contribution is -2.06. The van der Waals surface area contributed by atoms with Crippen molar-refractivity contribution in [1.29, 1.82) is 0 Å². The lowest BCUT2D eigenvalue weighted by atomic mass is 10.7. The number of carbonyl (C=O) groups excluding carboxylic acids is 1. The number of esters is 1. The third kappa shape index (κ3) is 3.67. The number of ether oxygens (including phenoxy) is 1. The van der Waals surface area contributed by atoms with E-state index < -0.39 is 0 Å². The van der Waals surface area contributed by atoms with Crippen molar-refractivity contribution in [3.8, 4) is 0 Å². The Kier molecular flexibility index (Phi) is 4.35. The van der Waals surface area contributed by atoms with Crippen molar-refractivity contribution >= 4 is 18.4 Å². The molecule has 0 aliphatic carbocycles. The molecule has 0 aliphatic heterocycles. The van der Waals surface area contributed by atoms with Crippen molar-refractivity contribution in [2.75, 3.05) is 13.2 Å². The topological polar surface area (TPSA) is 38.7 Å². The third-order valence-corrected chi connectivity index (χ3v) is 0.628. The summed E-state index contributed by atoms with van der Waals surface area (Å²) in [6.45, 7) is 2.12. The number of rotatable bonds is 3. The van der Waals surface area contributed by atoms with Crippen molar-refractivity contribution in [3.63, 3.8) is 0 Å². The van der Waals surface area contributed by atoms with Crippen LogP contribution in [-0.2, 0) is 22.0 Å². The third-order valence-electron chi connectivity index (χ3n) is 0.499. The Morgan fingerprint density at radius 3 is 2.88 bits per heavy atom. The van der Waals surface area contributed by atoms with Crippen LogP contribution in [0.5, 0.6) is 0 Å². The van der Waals surface area contributed by atoms with Crippen LogP contribution in [0.3, 0.4) is 0 Å². The SMILES string of the molecule is CCOC(=O)CN=S. The van der Waals surface area contributed by atoms with Gasteiger partial charge in [-0.15, -0.1) is 0 Å². The highest BCUT2D eigenvalue weighted by atomic mass is 32.1. The first-order valence-electron chi connectivity index (χ1n) is 2.26. The standard InChI is InChI=1S/C4H7NO2S/c1-2-7-4(6)3-5-8/h2-3H2,1H3. The zero-order valence-electron chi connectivity index (χ0n) is 4.59. The highest BCUT2D eigenvalue weighted by Crippen LogP contribution is 1.76. The second-order valence-corrected chi connectivity index (χ2v) is 1.35. The molecule has 0 spiro atoms. The summed E-state index contributed by atoms with van der Waals surface area (Å²) in [5, 5.41) is 0. The van der Waals surface area contributed by atoms with Crippen molar-refractivity contribution in [1.82, 2.24) is 0 Å². The van der Waals surface area contributed by atoms with E-state index in [9.17, 15) is 4.79 Å². The largest absolute Gasteiger partial charge is 0.465 e. The molecule has 0 aromatic carbocycles. The minimum atomic E-state index is -0.359. The van der Waals surface area contributed by atoms with Crippen LogP contribution < -0.4 is 0 Å². The van der Waals surface area contributed by atoms with Crippen molar-refractivity contribution in [2.45, 2.75) is 6.92 Å². The Balaban J connectivity index is 3.18. The summed E-state index contributed by atoms with van der Waals surface area (Å²) >= 11 is 4.17. The van der Waals surface area contributed by atoms with Crippen molar-refractivity contribution in [3.05, 3.63) is 0 Å². The Morgan fingerprint density at radius 1 is 1.88 bits per heavy atom. The minimum Gasteiger partial charge on any atom is -0.465 e. The summed E-state index contributed by atoms with van der Waals surface area (Å²) < 4.78 is 7.65. The van der Waals surface area contributed by atoms with E-state index in [2.05, 4.69) is 21.5 Å². The quantitative estimate of drug-likeness (QED) is 0.519. The molecule has 0 saturated heterocycles. The maximum absolute atomic E-state index is 10.3. The highest BCUT2D eigenvalue weighted by Gasteiger charge is 1.95. The van der Waals surface area contributed by atoms with Crippen molar-refractivity contribution < 1.29 is 9.53 Å². The van der Waals surface area contributed by atoms with Crippen LogP contribution in [0.4, 0.5) is 0 Å². The lowest BCUT2D eigenvalue weighted by Gasteiger charge is -1.93. The first kappa shape index (κ1) is 7.49. The van der Waals surface area contributed by atoms with Crippen LogP contribution >= 0.6 is 0 Å². The van der Waals surface area contributed by atoms with Gasteiger partial charge in [0, 0.05) is 12.4 Å². The Bertz CT molecular complexity index is 94.0. The van der Waals surface area contributed by atoms with Gasteiger partial charge in [-0.05, 0) is 6.92 Å². The maximum Gasteiger partial charge on any atom is 0.328 e. The van der Waals surface area contributed by atoms with Gasteiger partial charge in [-0.2, -0.15) is 0 Å². The summed E-state index contributed by atoms with van der Waals surface area (Å²) in [6.07, 6.45) is 0. The fraction of sp³-hybridized carbons (Fsp3) is 0.750. The molecule has 8 heavy (non-hydrogen) atoms. The van der Waals surface area contributed by atoms with E-state index >= 15 is 0 Å². The van der Waals surface area contributed by atoms with Crippen LogP contribution in [0.2, 0.25) is 0 Å². The predicted molar refractivity (Wildman–Crippen MR) is 31.3 cm³/mol. The van der Waals surface area contributed by atoms with Gasteiger partial charge in [0.15, 0.2) is 0 Å². The van der Waals surface area contributed by atoms with E-state index in [1.54, 1.807) is 6.92 Å². The van der Waals surface area contributed by atoms with Crippen LogP contribution in [0.15, 0.2) is 4.36 Å². The molecule has 4 heteroatoms. The Hall–Kier alpha value is -0.510. The fourth-order valence-electron chi connectivity index (χ4n) is 0.259. The molecule has 0 fully saturated rings. The molecule has 0 saturated carbocycles. The van der Waals surface area contributed by atoms with Gasteiger partial charge < -0.3 is 4.74 Å². The van der Waals surface area contributed by atoms with Crippen LogP contribution in [0, 0.1) is 0 Å². The smallest absolute Gasteiger partial charge is 0.328 e. The molecular formula is C4H7NO2S. The number of nitrogens with zero attached hydrogens (tertiary/aromatic N) is 1. The van der Waals surface area contributed by atoms with Gasteiger partial charge in [-0.3, -0.25) is 4.79 Å². The van der Waals surface area contributed by atoms with Gasteiger partial charge in [-0.25, -0.2) is 4.36 Å². The zero-order chi connectivity index (χ0) is 6.41. The van der Waals surface area contributed by atoms with Gasteiger partial charge in [0.1, 0.15) is 6.54 Å². The summed E-state index contributed by atoms with van der Waals surface area (Å²) in [4.78, 5) is 10.3. The summed E-state index contributed by atoms with van der Waals surface area (Å²) in [6, 6.07) is 0. The monoisotopic (exact) mass is 133 g/mol. The second kappa shape index (κ2) is 4.64. The van der Waals surface area contributed by atoms with E-state index in [1.165, 1.54) is 0 Å². The molecule has 0 aromatic heterocycles. The first-order valence-corrected chi connectivity index (χ1v) is 2.62. The average molecular weight is 133 g/mol. The molecule has 3 nitrogen and oxygen atoms in total. The van der Waals surface area contributed by atoms with Crippen LogP contribution in [0.25, 0.3) is 0 Å². The normalized spacial score (nSPS) is 8.12. The zero-order valence-corrected chi connectivity index (χ0v) is 5.40. The summed E-state index contributed by atoms with van der Waals surface area (Å²) in [5.74, 6) is -0.359. The van der Waals surface area contributed by atoms with Crippen molar-refractivity contribution in [2.24, 2.45) is 4.36 Å². The molecule has 0 bridgehead atoms. The minimum absolute atomic E-state index is 0.0107. The van der Waals surface area contributed by atoms with Gasteiger partial charge in [-0.1, -0.05) is 0 Å². The summed E-state index contributed by atoms with van der Waals surface area (Å²) in [5.41, 5.74) is 0. The molecule has 0 unspecified atom stereocenters. The average Bonchev–Trinajstić information content (AvgIpc) is 1.68. The van der Waals surface area contributed by atoms with E-state index in [0.29, 0.717) is 6.61 Å². The van der Waals surface area contributed by atoms with E-state index in [1.807, 2.05) is 0 Å². The molecule has 0 N–H and O–H groups in total. The van der Waals surface area contributed by atoms with Gasteiger partial charge in [0.25, 0.3) is 0 Å². The van der Waals surface area contributed by atoms with Crippen LogP contribution in [-0.4, -0.2) is 19.1 Å². The molecule has 0 rings (SSSR count). The highest BCUT2D eigenvalue weighted by molar-refractivity contribution is 7.47. The molecule has 46 valence electrons. The predicted octanol–water partition coefficient (Wildman–Crippen LogP) is 0.280. The number of hydrogen-bond acceptors (Lipinski definition) is 4. The van der Waals surface area contributed by atoms with Gasteiger partial charge >= 0.3 is 5.97 Å². The molecule has 0 aliphatic rings. The molecule has 0 amide bonds. The summed E-state index contributed by atoms with van der Waals surface area (Å²) in [7, 11) is 0. The fourth-order valence-corrected chi connectivity index (χ4v) is 0.365. The molecule has 0 atom stereocenters. The number of carbonyl (C=O) groups is 1. The first-order chi connectivity index (χ1) is 3.81. The second-order valence-electron chi connectivity index (χ2n) is 1.09. The lowest BCUT2D eigenvalue weighted by molar-refractivity contribution is -0.141. The van der Waals surface area contributed by atoms with Gasteiger partial charge in [0.05, 0.1) is 6.61 Å². The van der Waals surface area contributed by atoms with E-state index in [4.69, 9.17) is 0 Å². The molecule has 0 heterocycles. The van der Waals surface area contributed by atoms with Gasteiger partial charge in [0.2, 0.25) is 0 Å². The van der Waals surface area contributed by atoms with E-state index in [0.717, 1.165) is 0 Å². The molecule has 0 radical (unpaired) electrons. The Labute approximate surface area is 53.2 Å². The molecule has 0 aromatic rings. The maximum atomic E-state index is 10.3. The molecular weight excluding hydrogens is 126 g/mol. The van der Waals surface area contributed by atoms with E-state index in [-0.39, 0.29) is 12.5 Å². The van der Waals surface area contributed by atoms with Crippen LogP contribution in [0.1, 0.15) is 6.92 Å².